The van der Waals surface area contributed by atoms with Gasteiger partial charge in [0.2, 0.25) is 0 Å². The SMILES string of the molecule is N#Cc1c(Cl)c(Cl)c(OC(=O)c2ccc(Cl)c(Cl)c2)c(Cl)c1Cl. The first kappa shape index (κ1) is 18.5. The normalized spacial score (nSPS) is 10.3. The lowest BCUT2D eigenvalue weighted by Crippen LogP contribution is -2.09. The molecule has 0 saturated carbocycles. The molecular formula is C14H3Cl6NO2. The van der Waals surface area contributed by atoms with Crippen LogP contribution < -0.4 is 4.74 Å². The van der Waals surface area contributed by atoms with Gasteiger partial charge in [0.25, 0.3) is 0 Å². The van der Waals surface area contributed by atoms with Crippen molar-refractivity contribution < 1.29 is 9.53 Å². The smallest absolute Gasteiger partial charge is 0.343 e. The Morgan fingerprint density at radius 2 is 1.48 bits per heavy atom. The summed E-state index contributed by atoms with van der Waals surface area (Å²) in [5.41, 5.74) is 0.000748. The number of nitrogens with zero attached hydrogens (tertiary/aromatic N) is 1. The summed E-state index contributed by atoms with van der Waals surface area (Å²) in [4.78, 5) is 12.2. The van der Waals surface area contributed by atoms with Gasteiger partial charge in [-0.15, -0.1) is 0 Å². The van der Waals surface area contributed by atoms with Crippen molar-refractivity contribution in [3.63, 3.8) is 0 Å². The third kappa shape index (κ3) is 3.64. The van der Waals surface area contributed by atoms with Gasteiger partial charge >= 0.3 is 5.97 Å². The molecule has 0 heterocycles. The average molecular weight is 430 g/mol. The summed E-state index contributed by atoms with van der Waals surface area (Å²) in [5.74, 6) is -1.05. The van der Waals surface area contributed by atoms with Crippen molar-refractivity contribution in [3.05, 3.63) is 59.5 Å². The first-order chi connectivity index (χ1) is 10.8. The Morgan fingerprint density at radius 1 is 0.913 bits per heavy atom. The van der Waals surface area contributed by atoms with Gasteiger partial charge in [-0.1, -0.05) is 69.6 Å². The van der Waals surface area contributed by atoms with E-state index in [2.05, 4.69) is 0 Å². The molecule has 0 aliphatic carbocycles. The summed E-state index contributed by atoms with van der Waals surface area (Å²) < 4.78 is 5.14. The molecule has 2 rings (SSSR count). The minimum Gasteiger partial charge on any atom is -0.420 e. The van der Waals surface area contributed by atoms with Crippen LogP contribution >= 0.6 is 69.6 Å². The van der Waals surface area contributed by atoms with Crippen LogP contribution in [0.4, 0.5) is 0 Å². The maximum absolute atomic E-state index is 12.2. The Bertz CT molecular complexity index is 830. The van der Waals surface area contributed by atoms with E-state index in [-0.39, 0.29) is 47.0 Å². The molecule has 0 aliphatic rings. The van der Waals surface area contributed by atoms with Crippen LogP contribution in [0, 0.1) is 11.3 Å². The van der Waals surface area contributed by atoms with E-state index < -0.39 is 5.97 Å². The number of halogens is 6. The molecule has 0 unspecified atom stereocenters. The number of nitriles is 1. The zero-order valence-corrected chi connectivity index (χ0v) is 15.3. The largest absolute Gasteiger partial charge is 0.420 e. The van der Waals surface area contributed by atoms with Crippen LogP contribution in [0.3, 0.4) is 0 Å². The molecule has 0 aromatic heterocycles. The van der Waals surface area contributed by atoms with E-state index in [1.807, 2.05) is 0 Å². The molecule has 0 N–H and O–H groups in total. The zero-order valence-electron chi connectivity index (χ0n) is 10.8. The third-order valence-corrected chi connectivity index (χ3v) is 5.09. The first-order valence-electron chi connectivity index (χ1n) is 5.71. The minimum atomic E-state index is -0.802. The number of hydrogen-bond donors (Lipinski definition) is 0. The number of benzene rings is 2. The maximum atomic E-state index is 12.2. The molecule has 118 valence electrons. The van der Waals surface area contributed by atoms with Gasteiger partial charge in [0.15, 0.2) is 5.75 Å². The highest BCUT2D eigenvalue weighted by molar-refractivity contribution is 6.50. The van der Waals surface area contributed by atoms with Crippen LogP contribution in [0.5, 0.6) is 5.75 Å². The second kappa shape index (κ2) is 7.36. The molecule has 23 heavy (non-hydrogen) atoms. The Labute approximate surface area is 161 Å². The van der Waals surface area contributed by atoms with E-state index in [4.69, 9.17) is 79.6 Å². The molecule has 0 aliphatic heterocycles. The van der Waals surface area contributed by atoms with Crippen molar-refractivity contribution in [2.75, 3.05) is 0 Å². The molecule has 2 aromatic rings. The van der Waals surface area contributed by atoms with Crippen LogP contribution in [0.15, 0.2) is 18.2 Å². The molecule has 0 spiro atoms. The highest BCUT2D eigenvalue weighted by atomic mass is 35.5. The summed E-state index contributed by atoms with van der Waals surface area (Å²) in [6.07, 6.45) is 0. The van der Waals surface area contributed by atoms with E-state index in [0.29, 0.717) is 0 Å². The van der Waals surface area contributed by atoms with Crippen molar-refractivity contribution in [2.24, 2.45) is 0 Å². The molecular weight excluding hydrogens is 427 g/mol. The number of esters is 1. The molecule has 0 bridgehead atoms. The molecule has 0 amide bonds. The first-order valence-corrected chi connectivity index (χ1v) is 7.98. The standard InChI is InChI=1S/C14H3Cl6NO2/c15-7-2-1-5(3-8(7)16)14(22)23-13-11(19)9(17)6(4-21)10(18)12(13)20/h1-3H. The number of carbonyl (C=O) groups excluding carboxylic acids is 1. The second-order valence-corrected chi connectivity index (χ2v) is 6.42. The molecule has 0 radical (unpaired) electrons. The van der Waals surface area contributed by atoms with Crippen molar-refractivity contribution in [3.8, 4) is 11.8 Å². The van der Waals surface area contributed by atoms with Crippen LogP contribution in [-0.4, -0.2) is 5.97 Å². The number of rotatable bonds is 2. The van der Waals surface area contributed by atoms with Crippen LogP contribution in [0.2, 0.25) is 30.1 Å². The lowest BCUT2D eigenvalue weighted by Gasteiger charge is -2.12. The molecule has 0 fully saturated rings. The second-order valence-electron chi connectivity index (χ2n) is 4.09. The quantitative estimate of drug-likeness (QED) is 0.303. The fraction of sp³-hybridized carbons (Fsp3) is 0. The summed E-state index contributed by atoms with van der Waals surface area (Å²) in [7, 11) is 0. The van der Waals surface area contributed by atoms with Gasteiger partial charge in [0.1, 0.15) is 16.1 Å². The topological polar surface area (TPSA) is 50.1 Å². The van der Waals surface area contributed by atoms with Crippen molar-refractivity contribution >= 4 is 75.6 Å². The van der Waals surface area contributed by atoms with Crippen molar-refractivity contribution in [1.82, 2.24) is 0 Å². The summed E-state index contributed by atoms with van der Waals surface area (Å²) >= 11 is 35.5. The summed E-state index contributed by atoms with van der Waals surface area (Å²) in [6.45, 7) is 0. The van der Waals surface area contributed by atoms with Gasteiger partial charge in [-0.25, -0.2) is 4.79 Å². The number of ether oxygens (including phenoxy) is 1. The van der Waals surface area contributed by atoms with Gasteiger partial charge < -0.3 is 4.74 Å². The average Bonchev–Trinajstić information content (AvgIpc) is 2.52. The monoisotopic (exact) mass is 427 g/mol. The number of carbonyl (C=O) groups is 1. The van der Waals surface area contributed by atoms with Crippen molar-refractivity contribution in [2.45, 2.75) is 0 Å². The molecule has 0 saturated heterocycles. The summed E-state index contributed by atoms with van der Waals surface area (Å²) in [5, 5.41) is 8.70. The van der Waals surface area contributed by atoms with Crippen LogP contribution in [0.1, 0.15) is 15.9 Å². The Balaban J connectivity index is 2.46. The van der Waals surface area contributed by atoms with Gasteiger partial charge in [-0.3, -0.25) is 0 Å². The van der Waals surface area contributed by atoms with E-state index in [9.17, 15) is 4.79 Å². The molecule has 2 aromatic carbocycles. The van der Waals surface area contributed by atoms with Crippen LogP contribution in [-0.2, 0) is 0 Å². The predicted molar refractivity (Wildman–Crippen MR) is 92.6 cm³/mol. The zero-order chi connectivity index (χ0) is 17.3. The van der Waals surface area contributed by atoms with Gasteiger partial charge in [0.05, 0.1) is 31.2 Å². The van der Waals surface area contributed by atoms with Crippen LogP contribution in [0.25, 0.3) is 0 Å². The summed E-state index contributed by atoms with van der Waals surface area (Å²) in [6, 6.07) is 5.93. The number of hydrogen-bond acceptors (Lipinski definition) is 3. The molecule has 0 atom stereocenters. The lowest BCUT2D eigenvalue weighted by molar-refractivity contribution is 0.0735. The van der Waals surface area contributed by atoms with E-state index in [1.165, 1.54) is 18.2 Å². The van der Waals surface area contributed by atoms with Gasteiger partial charge in [-0.2, -0.15) is 5.26 Å². The van der Waals surface area contributed by atoms with E-state index in [1.54, 1.807) is 6.07 Å². The maximum Gasteiger partial charge on any atom is 0.343 e. The Kier molecular flexibility index (Phi) is 5.91. The third-order valence-electron chi connectivity index (χ3n) is 2.68. The van der Waals surface area contributed by atoms with Crippen molar-refractivity contribution in [1.29, 1.82) is 5.26 Å². The Hall–Kier alpha value is -0.860. The minimum absolute atomic E-state index is 0.113. The van der Waals surface area contributed by atoms with Gasteiger partial charge in [-0.05, 0) is 18.2 Å². The highest BCUT2D eigenvalue weighted by Crippen LogP contribution is 2.46. The molecule has 3 nitrogen and oxygen atoms in total. The Morgan fingerprint density at radius 3 is 1.96 bits per heavy atom. The lowest BCUT2D eigenvalue weighted by atomic mass is 10.2. The van der Waals surface area contributed by atoms with E-state index in [0.717, 1.165) is 0 Å². The fourth-order valence-electron chi connectivity index (χ4n) is 1.57. The highest BCUT2D eigenvalue weighted by Gasteiger charge is 2.24. The predicted octanol–water partition coefficient (Wildman–Crippen LogP) is 6.70. The fourth-order valence-corrected chi connectivity index (χ4v) is 2.87. The van der Waals surface area contributed by atoms with Gasteiger partial charge in [0, 0.05) is 0 Å². The molecule has 9 heteroatoms. The van der Waals surface area contributed by atoms with E-state index >= 15 is 0 Å².